The minimum Gasteiger partial charge on any atom is -0.378 e. The van der Waals surface area contributed by atoms with Crippen molar-refractivity contribution in [3.05, 3.63) is 17.8 Å². The third-order valence-electron chi connectivity index (χ3n) is 3.38. The summed E-state index contributed by atoms with van der Waals surface area (Å²) in [6.45, 7) is 1.87. The second-order valence-corrected chi connectivity index (χ2v) is 5.05. The summed E-state index contributed by atoms with van der Waals surface area (Å²) >= 11 is 0. The fraction of sp³-hybridized carbons (Fsp3) is 0.615. The highest BCUT2D eigenvalue weighted by atomic mass is 16.5. The van der Waals surface area contributed by atoms with Gasteiger partial charge in [0.25, 0.3) is 5.91 Å². The molecule has 1 saturated heterocycles. The van der Waals surface area contributed by atoms with Gasteiger partial charge in [-0.15, -0.1) is 10.2 Å². The SMILES string of the molecule is COC1(CNc2ccc(C(=O)N(C)C)nn2)CCOC1. The molecule has 1 N–H and O–H groups in total. The largest absolute Gasteiger partial charge is 0.378 e. The number of methoxy groups -OCH3 is 1. The number of aromatic nitrogens is 2. The summed E-state index contributed by atoms with van der Waals surface area (Å²) in [5.41, 5.74) is 0.0194. The number of nitrogens with one attached hydrogen (secondary N) is 1. The number of carbonyl (C=O) groups is 1. The molecule has 0 spiro atoms. The van der Waals surface area contributed by atoms with Crippen LogP contribution in [0.2, 0.25) is 0 Å². The molecule has 1 fully saturated rings. The molecule has 0 saturated carbocycles. The fourth-order valence-electron chi connectivity index (χ4n) is 1.98. The molecule has 0 radical (unpaired) electrons. The topological polar surface area (TPSA) is 76.6 Å². The Balaban J connectivity index is 1.95. The van der Waals surface area contributed by atoms with Crippen LogP contribution in [0.15, 0.2) is 12.1 Å². The van der Waals surface area contributed by atoms with Gasteiger partial charge in [-0.2, -0.15) is 0 Å². The lowest BCUT2D eigenvalue weighted by atomic mass is 10.0. The number of amides is 1. The van der Waals surface area contributed by atoms with E-state index in [0.29, 0.717) is 31.3 Å². The molecule has 7 heteroatoms. The predicted octanol–water partition coefficient (Wildman–Crippen LogP) is 0.396. The molecule has 110 valence electrons. The molecule has 1 aromatic rings. The lowest BCUT2D eigenvalue weighted by Gasteiger charge is -2.25. The van der Waals surface area contributed by atoms with Crippen molar-refractivity contribution >= 4 is 11.7 Å². The molecular weight excluding hydrogens is 260 g/mol. The first-order chi connectivity index (χ1) is 9.56. The van der Waals surface area contributed by atoms with Gasteiger partial charge in [0.2, 0.25) is 0 Å². The van der Waals surface area contributed by atoms with E-state index in [-0.39, 0.29) is 11.5 Å². The first kappa shape index (κ1) is 14.7. The predicted molar refractivity (Wildman–Crippen MR) is 73.7 cm³/mol. The monoisotopic (exact) mass is 280 g/mol. The van der Waals surface area contributed by atoms with E-state index in [1.165, 1.54) is 4.90 Å². The minimum atomic E-state index is -0.306. The van der Waals surface area contributed by atoms with E-state index in [9.17, 15) is 4.79 Å². The van der Waals surface area contributed by atoms with Crippen LogP contribution in [0, 0.1) is 0 Å². The van der Waals surface area contributed by atoms with Gasteiger partial charge < -0.3 is 19.7 Å². The third-order valence-corrected chi connectivity index (χ3v) is 3.38. The molecule has 7 nitrogen and oxygen atoms in total. The molecule has 20 heavy (non-hydrogen) atoms. The zero-order chi connectivity index (χ0) is 14.6. The number of anilines is 1. The minimum absolute atomic E-state index is 0.165. The van der Waals surface area contributed by atoms with Gasteiger partial charge in [-0.25, -0.2) is 0 Å². The first-order valence-electron chi connectivity index (χ1n) is 6.48. The maximum Gasteiger partial charge on any atom is 0.273 e. The Bertz CT molecular complexity index is 455. The molecule has 0 aromatic carbocycles. The summed E-state index contributed by atoms with van der Waals surface area (Å²) in [7, 11) is 5.04. The van der Waals surface area contributed by atoms with Crippen LogP contribution < -0.4 is 5.32 Å². The van der Waals surface area contributed by atoms with Gasteiger partial charge in [-0.05, 0) is 12.1 Å². The summed E-state index contributed by atoms with van der Waals surface area (Å²) in [4.78, 5) is 13.2. The van der Waals surface area contributed by atoms with E-state index < -0.39 is 0 Å². The van der Waals surface area contributed by atoms with Crippen LogP contribution in [-0.4, -0.2) is 67.6 Å². The molecule has 0 aliphatic carbocycles. The maximum absolute atomic E-state index is 11.7. The van der Waals surface area contributed by atoms with Crippen molar-refractivity contribution in [2.45, 2.75) is 12.0 Å². The van der Waals surface area contributed by atoms with E-state index >= 15 is 0 Å². The van der Waals surface area contributed by atoms with E-state index in [1.54, 1.807) is 33.3 Å². The number of hydrogen-bond acceptors (Lipinski definition) is 6. The summed E-state index contributed by atoms with van der Waals surface area (Å²) < 4.78 is 10.9. The zero-order valence-electron chi connectivity index (χ0n) is 12.0. The molecular formula is C13H20N4O3. The van der Waals surface area contributed by atoms with Crippen molar-refractivity contribution in [1.82, 2.24) is 15.1 Å². The average molecular weight is 280 g/mol. The first-order valence-corrected chi connectivity index (χ1v) is 6.48. The number of carbonyl (C=O) groups excluding carboxylic acids is 1. The standard InChI is InChI=1S/C13H20N4O3/c1-17(2)12(18)10-4-5-11(16-15-10)14-8-13(19-3)6-7-20-9-13/h4-5H,6-9H2,1-3H3,(H,14,16). The van der Waals surface area contributed by atoms with Gasteiger partial charge in [0.15, 0.2) is 5.69 Å². The van der Waals surface area contributed by atoms with E-state index in [4.69, 9.17) is 9.47 Å². The highest BCUT2D eigenvalue weighted by Gasteiger charge is 2.34. The average Bonchev–Trinajstić information content (AvgIpc) is 2.94. The zero-order valence-corrected chi connectivity index (χ0v) is 12.0. The van der Waals surface area contributed by atoms with Crippen LogP contribution in [0.4, 0.5) is 5.82 Å². The smallest absolute Gasteiger partial charge is 0.273 e. The number of ether oxygens (including phenoxy) is 2. The van der Waals surface area contributed by atoms with Crippen molar-refractivity contribution in [3.63, 3.8) is 0 Å². The number of nitrogens with zero attached hydrogens (tertiary/aromatic N) is 3. The molecule has 0 bridgehead atoms. The molecule has 2 rings (SSSR count). The van der Waals surface area contributed by atoms with Gasteiger partial charge in [-0.1, -0.05) is 0 Å². The van der Waals surface area contributed by atoms with Gasteiger partial charge in [0.1, 0.15) is 11.4 Å². The van der Waals surface area contributed by atoms with Gasteiger partial charge in [-0.3, -0.25) is 4.79 Å². The van der Waals surface area contributed by atoms with Gasteiger partial charge in [0.05, 0.1) is 6.61 Å². The van der Waals surface area contributed by atoms with Crippen molar-refractivity contribution in [2.75, 3.05) is 46.3 Å². The second-order valence-electron chi connectivity index (χ2n) is 5.05. The van der Waals surface area contributed by atoms with Crippen molar-refractivity contribution in [2.24, 2.45) is 0 Å². The summed E-state index contributed by atoms with van der Waals surface area (Å²) in [5, 5.41) is 11.1. The third kappa shape index (κ3) is 3.23. The Morgan fingerprint density at radius 2 is 2.30 bits per heavy atom. The lowest BCUT2D eigenvalue weighted by Crippen LogP contribution is -2.39. The van der Waals surface area contributed by atoms with E-state index in [0.717, 1.165) is 6.42 Å². The van der Waals surface area contributed by atoms with Gasteiger partial charge >= 0.3 is 0 Å². The van der Waals surface area contributed by atoms with Crippen molar-refractivity contribution < 1.29 is 14.3 Å². The maximum atomic E-state index is 11.7. The van der Waals surface area contributed by atoms with Crippen molar-refractivity contribution in [1.29, 1.82) is 0 Å². The Kier molecular flexibility index (Phi) is 4.51. The highest BCUT2D eigenvalue weighted by Crippen LogP contribution is 2.22. The fourth-order valence-corrected chi connectivity index (χ4v) is 1.98. The van der Waals surface area contributed by atoms with Crippen LogP contribution in [0.3, 0.4) is 0 Å². The van der Waals surface area contributed by atoms with Crippen molar-refractivity contribution in [3.8, 4) is 0 Å². The molecule has 1 aromatic heterocycles. The summed E-state index contributed by atoms with van der Waals surface area (Å²) in [6, 6.07) is 3.39. The molecule has 1 atom stereocenters. The second kappa shape index (κ2) is 6.15. The Morgan fingerprint density at radius 1 is 1.50 bits per heavy atom. The van der Waals surface area contributed by atoms with Crippen LogP contribution in [0.25, 0.3) is 0 Å². The number of rotatable bonds is 5. The summed E-state index contributed by atoms with van der Waals surface area (Å²) in [6.07, 6.45) is 0.848. The van der Waals surface area contributed by atoms with Crippen LogP contribution in [0.1, 0.15) is 16.9 Å². The number of hydrogen-bond donors (Lipinski definition) is 1. The molecule has 1 unspecified atom stereocenters. The van der Waals surface area contributed by atoms with Gasteiger partial charge in [0, 0.05) is 40.8 Å². The van der Waals surface area contributed by atoms with Crippen LogP contribution in [0.5, 0.6) is 0 Å². The molecule has 1 aliphatic heterocycles. The summed E-state index contributed by atoms with van der Waals surface area (Å²) in [5.74, 6) is 0.449. The quantitative estimate of drug-likeness (QED) is 0.841. The van der Waals surface area contributed by atoms with E-state index in [1.807, 2.05) is 0 Å². The van der Waals surface area contributed by atoms with Crippen LogP contribution >= 0.6 is 0 Å². The molecule has 1 aliphatic rings. The highest BCUT2D eigenvalue weighted by molar-refractivity contribution is 5.91. The van der Waals surface area contributed by atoms with E-state index in [2.05, 4.69) is 15.5 Å². The molecule has 2 heterocycles. The Hall–Kier alpha value is -1.73. The molecule has 1 amide bonds. The lowest BCUT2D eigenvalue weighted by molar-refractivity contribution is -0.00626. The Labute approximate surface area is 118 Å². The van der Waals surface area contributed by atoms with Crippen LogP contribution in [-0.2, 0) is 9.47 Å². The normalized spacial score (nSPS) is 21.8. The Morgan fingerprint density at radius 3 is 2.80 bits per heavy atom.